The van der Waals surface area contributed by atoms with E-state index in [1.807, 2.05) is 30.6 Å². The van der Waals surface area contributed by atoms with Crippen molar-refractivity contribution in [3.05, 3.63) is 59.0 Å². The maximum absolute atomic E-state index is 6.36. The van der Waals surface area contributed by atoms with Crippen LogP contribution in [0.4, 0.5) is 0 Å². The SMILES string of the molecule is CCNCC[C@H](Oc1cccc2cnccc12)c1cccs1. The van der Waals surface area contributed by atoms with E-state index in [0.29, 0.717) is 0 Å². The number of hydrogen-bond acceptors (Lipinski definition) is 4. The molecule has 0 saturated heterocycles. The third-order valence-electron chi connectivity index (χ3n) is 3.60. The summed E-state index contributed by atoms with van der Waals surface area (Å²) >= 11 is 1.75. The molecule has 0 saturated carbocycles. The summed E-state index contributed by atoms with van der Waals surface area (Å²) < 4.78 is 6.36. The van der Waals surface area contributed by atoms with Crippen molar-refractivity contribution in [1.29, 1.82) is 0 Å². The fourth-order valence-corrected chi connectivity index (χ4v) is 3.28. The number of benzene rings is 1. The molecule has 114 valence electrons. The fraction of sp³-hybridized carbons (Fsp3) is 0.278. The number of nitrogens with zero attached hydrogens (tertiary/aromatic N) is 1. The number of hydrogen-bond donors (Lipinski definition) is 1. The van der Waals surface area contributed by atoms with Gasteiger partial charge in [0.05, 0.1) is 0 Å². The number of aromatic nitrogens is 1. The third kappa shape index (κ3) is 3.46. The van der Waals surface area contributed by atoms with Crippen LogP contribution in [-0.2, 0) is 0 Å². The number of rotatable bonds is 7. The van der Waals surface area contributed by atoms with E-state index in [-0.39, 0.29) is 6.10 Å². The lowest BCUT2D eigenvalue weighted by Gasteiger charge is -2.19. The highest BCUT2D eigenvalue weighted by Crippen LogP contribution is 2.32. The standard InChI is InChI=1S/C18H20N2OS/c1-2-19-11-9-17(18-7-4-12-22-18)21-16-6-3-5-14-13-20-10-8-15(14)16/h3-8,10,12-13,17,19H,2,9,11H2,1H3/t17-/m0/s1. The molecule has 2 aromatic heterocycles. The first-order valence-electron chi connectivity index (χ1n) is 7.62. The predicted molar refractivity (Wildman–Crippen MR) is 92.6 cm³/mol. The highest BCUT2D eigenvalue weighted by molar-refractivity contribution is 7.10. The van der Waals surface area contributed by atoms with Crippen molar-refractivity contribution in [2.45, 2.75) is 19.4 Å². The van der Waals surface area contributed by atoms with Crippen LogP contribution in [0.25, 0.3) is 10.8 Å². The first-order chi connectivity index (χ1) is 10.9. The van der Waals surface area contributed by atoms with Gasteiger partial charge in [0.15, 0.2) is 0 Å². The van der Waals surface area contributed by atoms with E-state index in [1.54, 1.807) is 11.3 Å². The molecule has 3 rings (SSSR count). The van der Waals surface area contributed by atoms with Crippen molar-refractivity contribution in [2.24, 2.45) is 0 Å². The second kappa shape index (κ2) is 7.38. The lowest BCUT2D eigenvalue weighted by atomic mass is 10.1. The summed E-state index contributed by atoms with van der Waals surface area (Å²) in [5, 5.41) is 7.70. The van der Waals surface area contributed by atoms with Crippen LogP contribution < -0.4 is 10.1 Å². The molecule has 0 spiro atoms. The Hall–Kier alpha value is -1.91. The van der Waals surface area contributed by atoms with Crippen molar-refractivity contribution in [1.82, 2.24) is 10.3 Å². The average molecular weight is 312 g/mol. The molecule has 0 bridgehead atoms. The van der Waals surface area contributed by atoms with Crippen LogP contribution in [0.3, 0.4) is 0 Å². The van der Waals surface area contributed by atoms with Crippen LogP contribution in [0.15, 0.2) is 54.2 Å². The van der Waals surface area contributed by atoms with E-state index >= 15 is 0 Å². The molecule has 0 aliphatic carbocycles. The molecule has 3 nitrogen and oxygen atoms in total. The van der Waals surface area contributed by atoms with Crippen molar-refractivity contribution in [2.75, 3.05) is 13.1 Å². The van der Waals surface area contributed by atoms with Gasteiger partial charge in [0.1, 0.15) is 11.9 Å². The summed E-state index contributed by atoms with van der Waals surface area (Å²) in [5.41, 5.74) is 0. The Kier molecular flexibility index (Phi) is 5.03. The molecule has 4 heteroatoms. The molecule has 0 radical (unpaired) electrons. The van der Waals surface area contributed by atoms with Crippen LogP contribution in [0.2, 0.25) is 0 Å². The van der Waals surface area contributed by atoms with Gasteiger partial charge < -0.3 is 10.1 Å². The highest BCUT2D eigenvalue weighted by atomic mass is 32.1. The number of thiophene rings is 1. The molecular weight excluding hydrogens is 292 g/mol. The van der Waals surface area contributed by atoms with E-state index in [9.17, 15) is 0 Å². The molecule has 0 aliphatic rings. The van der Waals surface area contributed by atoms with Gasteiger partial charge in [0.2, 0.25) is 0 Å². The summed E-state index contributed by atoms with van der Waals surface area (Å²) in [4.78, 5) is 5.45. The maximum atomic E-state index is 6.36. The monoisotopic (exact) mass is 312 g/mol. The Morgan fingerprint density at radius 2 is 2.18 bits per heavy atom. The quantitative estimate of drug-likeness (QED) is 0.656. The summed E-state index contributed by atoms with van der Waals surface area (Å²) in [7, 11) is 0. The van der Waals surface area contributed by atoms with Crippen LogP contribution >= 0.6 is 11.3 Å². The van der Waals surface area contributed by atoms with Crippen molar-refractivity contribution >= 4 is 22.1 Å². The molecule has 2 heterocycles. The molecule has 1 aromatic carbocycles. The Morgan fingerprint density at radius 1 is 1.23 bits per heavy atom. The Bertz CT molecular complexity index is 707. The van der Waals surface area contributed by atoms with Crippen LogP contribution in [0.5, 0.6) is 5.75 Å². The van der Waals surface area contributed by atoms with E-state index in [2.05, 4.69) is 40.8 Å². The van der Waals surface area contributed by atoms with E-state index < -0.39 is 0 Å². The summed E-state index contributed by atoms with van der Waals surface area (Å²) in [6, 6.07) is 12.4. The second-order valence-electron chi connectivity index (χ2n) is 5.12. The molecular formula is C18H20N2OS. The average Bonchev–Trinajstić information content (AvgIpc) is 3.09. The second-order valence-corrected chi connectivity index (χ2v) is 6.10. The van der Waals surface area contributed by atoms with Gasteiger partial charge in [-0.15, -0.1) is 11.3 Å². The number of nitrogens with one attached hydrogen (secondary N) is 1. The minimum Gasteiger partial charge on any atom is -0.484 e. The summed E-state index contributed by atoms with van der Waals surface area (Å²) in [5.74, 6) is 0.926. The molecule has 1 atom stereocenters. The number of fused-ring (bicyclic) bond motifs is 1. The normalized spacial score (nSPS) is 12.4. The van der Waals surface area contributed by atoms with Crippen LogP contribution in [-0.4, -0.2) is 18.1 Å². The Morgan fingerprint density at radius 3 is 3.00 bits per heavy atom. The molecule has 0 amide bonds. The van der Waals surface area contributed by atoms with Crippen LogP contribution in [0, 0.1) is 0 Å². The van der Waals surface area contributed by atoms with Gasteiger partial charge in [0, 0.05) is 34.5 Å². The molecule has 1 N–H and O–H groups in total. The zero-order valence-electron chi connectivity index (χ0n) is 12.7. The van der Waals surface area contributed by atoms with Gasteiger partial charge in [-0.3, -0.25) is 4.98 Å². The van der Waals surface area contributed by atoms with Gasteiger partial charge in [-0.25, -0.2) is 0 Å². The van der Waals surface area contributed by atoms with Gasteiger partial charge >= 0.3 is 0 Å². The minimum absolute atomic E-state index is 0.0813. The molecule has 0 fully saturated rings. The molecule has 22 heavy (non-hydrogen) atoms. The molecule has 0 unspecified atom stereocenters. The zero-order chi connectivity index (χ0) is 15.2. The largest absolute Gasteiger partial charge is 0.484 e. The number of ether oxygens (including phenoxy) is 1. The van der Waals surface area contributed by atoms with Crippen molar-refractivity contribution in [3.63, 3.8) is 0 Å². The molecule has 0 aliphatic heterocycles. The lowest BCUT2D eigenvalue weighted by Crippen LogP contribution is -2.19. The van der Waals surface area contributed by atoms with E-state index in [4.69, 9.17) is 4.74 Å². The van der Waals surface area contributed by atoms with Gasteiger partial charge in [-0.05, 0) is 36.7 Å². The maximum Gasteiger partial charge on any atom is 0.134 e. The third-order valence-corrected chi connectivity index (χ3v) is 4.57. The number of pyridine rings is 1. The van der Waals surface area contributed by atoms with E-state index in [1.165, 1.54) is 4.88 Å². The van der Waals surface area contributed by atoms with E-state index in [0.717, 1.165) is 36.0 Å². The topological polar surface area (TPSA) is 34.1 Å². The van der Waals surface area contributed by atoms with Gasteiger partial charge in [0.25, 0.3) is 0 Å². The lowest BCUT2D eigenvalue weighted by molar-refractivity contribution is 0.200. The predicted octanol–water partition coefficient (Wildman–Crippen LogP) is 4.42. The first kappa shape index (κ1) is 15.0. The smallest absolute Gasteiger partial charge is 0.134 e. The van der Waals surface area contributed by atoms with Crippen LogP contribution in [0.1, 0.15) is 24.3 Å². The Balaban J connectivity index is 1.85. The van der Waals surface area contributed by atoms with Gasteiger partial charge in [-0.2, -0.15) is 0 Å². The van der Waals surface area contributed by atoms with Crippen molar-refractivity contribution < 1.29 is 4.74 Å². The zero-order valence-corrected chi connectivity index (χ0v) is 13.5. The summed E-state index contributed by atoms with van der Waals surface area (Å²) in [6.07, 6.45) is 4.72. The molecule has 3 aromatic rings. The van der Waals surface area contributed by atoms with Gasteiger partial charge in [-0.1, -0.05) is 25.1 Å². The Labute approximate surface area is 135 Å². The summed E-state index contributed by atoms with van der Waals surface area (Å²) in [6.45, 7) is 4.06. The van der Waals surface area contributed by atoms with Crippen molar-refractivity contribution in [3.8, 4) is 5.75 Å². The fourth-order valence-electron chi connectivity index (χ4n) is 2.49. The first-order valence-corrected chi connectivity index (χ1v) is 8.50. The highest BCUT2D eigenvalue weighted by Gasteiger charge is 2.15. The minimum atomic E-state index is 0.0813.